The van der Waals surface area contributed by atoms with Crippen LogP contribution in [0.2, 0.25) is 0 Å². The summed E-state index contributed by atoms with van der Waals surface area (Å²) in [6, 6.07) is 15.4. The molecular weight excluding hydrogens is 482 g/mol. The van der Waals surface area contributed by atoms with E-state index in [4.69, 9.17) is 4.98 Å². The summed E-state index contributed by atoms with van der Waals surface area (Å²) >= 11 is 0. The molecule has 2 amide bonds. The second-order valence-corrected chi connectivity index (χ2v) is 11.0. The molecule has 1 fully saturated rings. The lowest BCUT2D eigenvalue weighted by molar-refractivity contribution is 0.0315. The fourth-order valence-electron chi connectivity index (χ4n) is 5.82. The SMILES string of the molecule is Cn1c(-c2cc3ccccc3n2CCO)nc2cc(C(=O)N3CCC[C@@H](N(C(=O)O)C(C)(C)C)C3)ccc21. The largest absolute Gasteiger partial charge is 0.465 e. The Morgan fingerprint density at radius 1 is 1.11 bits per heavy atom. The number of fused-ring (bicyclic) bond motifs is 2. The summed E-state index contributed by atoms with van der Waals surface area (Å²) < 4.78 is 4.08. The second kappa shape index (κ2) is 9.79. The Kier molecular flexibility index (Phi) is 6.65. The Morgan fingerprint density at radius 3 is 2.58 bits per heavy atom. The summed E-state index contributed by atoms with van der Waals surface area (Å²) in [6.07, 6.45) is 0.525. The minimum absolute atomic E-state index is 0.0135. The van der Waals surface area contributed by atoms with Crippen molar-refractivity contribution in [1.29, 1.82) is 0 Å². The van der Waals surface area contributed by atoms with E-state index >= 15 is 0 Å². The second-order valence-electron chi connectivity index (χ2n) is 11.0. The van der Waals surface area contributed by atoms with Gasteiger partial charge in [-0.3, -0.25) is 9.69 Å². The number of carboxylic acid groups (broad SMARTS) is 1. The molecule has 1 aliphatic rings. The van der Waals surface area contributed by atoms with Gasteiger partial charge in [0.25, 0.3) is 5.91 Å². The molecule has 200 valence electrons. The van der Waals surface area contributed by atoms with Crippen molar-refractivity contribution in [2.45, 2.75) is 51.7 Å². The summed E-state index contributed by atoms with van der Waals surface area (Å²) in [5.41, 5.74) is 3.54. The van der Waals surface area contributed by atoms with Gasteiger partial charge in [-0.15, -0.1) is 0 Å². The van der Waals surface area contributed by atoms with Crippen LogP contribution in [0.25, 0.3) is 33.5 Å². The molecule has 1 aliphatic heterocycles. The average Bonchev–Trinajstić information content (AvgIpc) is 3.40. The van der Waals surface area contributed by atoms with E-state index in [0.717, 1.165) is 40.8 Å². The summed E-state index contributed by atoms with van der Waals surface area (Å²) in [6.45, 7) is 7.08. The number of benzene rings is 2. The molecule has 2 aromatic carbocycles. The highest BCUT2D eigenvalue weighted by Gasteiger charge is 2.37. The third-order valence-electron chi connectivity index (χ3n) is 7.47. The zero-order valence-corrected chi connectivity index (χ0v) is 22.4. The van der Waals surface area contributed by atoms with Crippen LogP contribution < -0.4 is 0 Å². The number of piperidine rings is 1. The molecule has 3 heterocycles. The molecule has 38 heavy (non-hydrogen) atoms. The predicted molar refractivity (Wildman–Crippen MR) is 147 cm³/mol. The Balaban J connectivity index is 1.47. The van der Waals surface area contributed by atoms with E-state index in [9.17, 15) is 19.8 Å². The summed E-state index contributed by atoms with van der Waals surface area (Å²) in [4.78, 5) is 33.7. The maximum absolute atomic E-state index is 13.5. The Morgan fingerprint density at radius 2 is 1.87 bits per heavy atom. The number of carbonyl (C=O) groups is 2. The number of aliphatic hydroxyl groups is 1. The van der Waals surface area contributed by atoms with E-state index in [-0.39, 0.29) is 18.6 Å². The zero-order valence-electron chi connectivity index (χ0n) is 22.4. The van der Waals surface area contributed by atoms with Crippen LogP contribution in [0.3, 0.4) is 0 Å². The smallest absolute Gasteiger partial charge is 0.408 e. The fraction of sp³-hybridized carbons (Fsp3) is 0.414. The lowest BCUT2D eigenvalue weighted by Crippen LogP contribution is -2.57. The molecule has 4 aromatic rings. The van der Waals surface area contributed by atoms with Gasteiger partial charge in [0.1, 0.15) is 0 Å². The Hall–Kier alpha value is -3.85. The Bertz CT molecular complexity index is 1510. The van der Waals surface area contributed by atoms with Crippen molar-refractivity contribution in [3.63, 3.8) is 0 Å². The quantitative estimate of drug-likeness (QED) is 0.404. The third-order valence-corrected chi connectivity index (χ3v) is 7.47. The van der Waals surface area contributed by atoms with E-state index in [1.54, 1.807) is 4.90 Å². The first-order valence-electron chi connectivity index (χ1n) is 13.1. The lowest BCUT2D eigenvalue weighted by Gasteiger charge is -2.44. The number of aliphatic hydroxyl groups excluding tert-OH is 1. The van der Waals surface area contributed by atoms with E-state index in [1.807, 2.05) is 74.9 Å². The van der Waals surface area contributed by atoms with Gasteiger partial charge in [0.2, 0.25) is 0 Å². The van der Waals surface area contributed by atoms with Gasteiger partial charge < -0.3 is 24.2 Å². The van der Waals surface area contributed by atoms with Gasteiger partial charge in [-0.1, -0.05) is 18.2 Å². The van der Waals surface area contributed by atoms with Crippen LogP contribution in [0, 0.1) is 0 Å². The van der Waals surface area contributed by atoms with Crippen LogP contribution >= 0.6 is 0 Å². The van der Waals surface area contributed by atoms with Crippen molar-refractivity contribution in [2.75, 3.05) is 19.7 Å². The van der Waals surface area contributed by atoms with Gasteiger partial charge in [-0.05, 0) is 63.9 Å². The van der Waals surface area contributed by atoms with E-state index in [2.05, 4.69) is 10.6 Å². The molecule has 0 saturated carbocycles. The highest BCUT2D eigenvalue weighted by atomic mass is 16.4. The van der Waals surface area contributed by atoms with Crippen molar-refractivity contribution in [3.8, 4) is 11.5 Å². The molecule has 2 aromatic heterocycles. The molecule has 0 spiro atoms. The number of carbonyl (C=O) groups excluding carboxylic acids is 1. The number of amides is 2. The number of para-hydroxylation sites is 1. The van der Waals surface area contributed by atoms with Gasteiger partial charge >= 0.3 is 6.09 Å². The Labute approximate surface area is 221 Å². The van der Waals surface area contributed by atoms with Gasteiger partial charge in [-0.25, -0.2) is 9.78 Å². The summed E-state index contributed by atoms with van der Waals surface area (Å²) in [7, 11) is 1.95. The zero-order chi connectivity index (χ0) is 27.2. The number of nitrogens with zero attached hydrogens (tertiary/aromatic N) is 5. The van der Waals surface area contributed by atoms with Gasteiger partial charge in [0.15, 0.2) is 5.82 Å². The van der Waals surface area contributed by atoms with E-state index in [0.29, 0.717) is 30.7 Å². The first-order chi connectivity index (χ1) is 18.1. The standard InChI is InChI=1S/C29H35N5O4/c1-29(2,3)34(28(37)38)21-9-7-13-32(18-21)27(36)20-11-12-24-22(16-20)30-26(31(24)4)25-17-19-8-5-6-10-23(19)33(25)14-15-35/h5-6,8,10-12,16-17,21,35H,7,9,13-15,18H2,1-4H3,(H,37,38)/t21-/m1/s1. The summed E-state index contributed by atoms with van der Waals surface area (Å²) in [5.74, 6) is 0.645. The maximum atomic E-state index is 13.5. The number of rotatable bonds is 5. The number of hydrogen-bond acceptors (Lipinski definition) is 4. The molecule has 1 saturated heterocycles. The molecule has 2 N–H and O–H groups in total. The topological polar surface area (TPSA) is 104 Å². The summed E-state index contributed by atoms with van der Waals surface area (Å²) in [5, 5.41) is 20.6. The van der Waals surface area contributed by atoms with Gasteiger partial charge in [0, 0.05) is 48.7 Å². The minimum Gasteiger partial charge on any atom is -0.465 e. The lowest BCUT2D eigenvalue weighted by atomic mass is 9.97. The van der Waals surface area contributed by atoms with Crippen LogP contribution in [-0.2, 0) is 13.6 Å². The van der Waals surface area contributed by atoms with Crippen LogP contribution in [0.5, 0.6) is 0 Å². The highest BCUT2D eigenvalue weighted by Crippen LogP contribution is 2.31. The molecule has 0 unspecified atom stereocenters. The molecule has 1 atom stereocenters. The fourth-order valence-corrected chi connectivity index (χ4v) is 5.82. The molecule has 0 bridgehead atoms. The van der Waals surface area contributed by atoms with Crippen LogP contribution in [0.1, 0.15) is 44.0 Å². The maximum Gasteiger partial charge on any atom is 0.408 e. The number of aromatic nitrogens is 3. The first kappa shape index (κ1) is 25.8. The first-order valence-corrected chi connectivity index (χ1v) is 13.1. The normalized spacial score (nSPS) is 16.3. The van der Waals surface area contributed by atoms with Crippen molar-refractivity contribution in [1.82, 2.24) is 23.9 Å². The van der Waals surface area contributed by atoms with Crippen LogP contribution in [0.4, 0.5) is 4.79 Å². The van der Waals surface area contributed by atoms with E-state index in [1.165, 1.54) is 4.90 Å². The highest BCUT2D eigenvalue weighted by molar-refractivity contribution is 5.98. The predicted octanol–water partition coefficient (Wildman–Crippen LogP) is 4.57. The number of aryl methyl sites for hydroxylation is 1. The third kappa shape index (κ3) is 4.51. The van der Waals surface area contributed by atoms with Crippen molar-refractivity contribution in [3.05, 3.63) is 54.1 Å². The average molecular weight is 518 g/mol. The number of imidazole rings is 1. The molecule has 0 aliphatic carbocycles. The monoisotopic (exact) mass is 517 g/mol. The van der Waals surface area contributed by atoms with Crippen molar-refractivity contribution >= 4 is 33.9 Å². The van der Waals surface area contributed by atoms with Crippen molar-refractivity contribution < 1.29 is 19.8 Å². The van der Waals surface area contributed by atoms with Gasteiger partial charge in [-0.2, -0.15) is 0 Å². The van der Waals surface area contributed by atoms with Crippen molar-refractivity contribution in [2.24, 2.45) is 7.05 Å². The molecule has 9 nitrogen and oxygen atoms in total. The molecule has 0 radical (unpaired) electrons. The number of likely N-dealkylation sites (tertiary alicyclic amines) is 1. The minimum atomic E-state index is -0.960. The molecule has 5 rings (SSSR count). The van der Waals surface area contributed by atoms with E-state index < -0.39 is 11.6 Å². The van der Waals surface area contributed by atoms with Gasteiger partial charge in [0.05, 0.1) is 29.4 Å². The molecule has 9 heteroatoms. The molecular formula is C29H35N5O4. The number of hydrogen-bond donors (Lipinski definition) is 2. The van der Waals surface area contributed by atoms with Crippen LogP contribution in [0.15, 0.2) is 48.5 Å². The van der Waals surface area contributed by atoms with Crippen LogP contribution in [-0.4, -0.2) is 77.4 Å².